The summed E-state index contributed by atoms with van der Waals surface area (Å²) in [6.45, 7) is 5.52. The molecular formula is C9H20BNO4. The van der Waals surface area contributed by atoms with E-state index < -0.39 is 7.05 Å². The fraction of sp³-hybridized carbons (Fsp3) is 1.00. The van der Waals surface area contributed by atoms with Crippen molar-refractivity contribution in [2.75, 3.05) is 26.6 Å². The number of rotatable bonds is 6. The van der Waals surface area contributed by atoms with E-state index in [1.807, 2.05) is 11.7 Å². The number of hydrogen-bond acceptors (Lipinski definition) is 5. The van der Waals surface area contributed by atoms with E-state index in [0.29, 0.717) is 26.2 Å². The minimum absolute atomic E-state index is 0.0838. The van der Waals surface area contributed by atoms with Crippen molar-refractivity contribution < 1.29 is 19.6 Å². The zero-order valence-corrected chi connectivity index (χ0v) is 9.43. The molecule has 5 nitrogen and oxygen atoms in total. The predicted molar refractivity (Wildman–Crippen MR) is 57.4 cm³/mol. The topological polar surface area (TPSA) is 62.2 Å². The van der Waals surface area contributed by atoms with E-state index in [1.54, 1.807) is 6.82 Å². The average molecular weight is 217 g/mol. The molecule has 1 aliphatic rings. The fourth-order valence-corrected chi connectivity index (χ4v) is 1.86. The smallest absolute Gasteiger partial charge is 0.376 e. The van der Waals surface area contributed by atoms with Crippen molar-refractivity contribution in [3.63, 3.8) is 0 Å². The zero-order chi connectivity index (χ0) is 11.3. The van der Waals surface area contributed by atoms with Gasteiger partial charge in [-0.15, -0.1) is 0 Å². The molecule has 0 spiro atoms. The van der Waals surface area contributed by atoms with Crippen LogP contribution in [0.5, 0.6) is 0 Å². The van der Waals surface area contributed by atoms with E-state index >= 15 is 0 Å². The largest absolute Gasteiger partial charge is 0.437 e. The molecular weight excluding hydrogens is 197 g/mol. The van der Waals surface area contributed by atoms with Crippen molar-refractivity contribution in [1.82, 2.24) is 4.81 Å². The maximum Gasteiger partial charge on any atom is 0.376 e. The van der Waals surface area contributed by atoms with Crippen molar-refractivity contribution in [2.45, 2.75) is 32.3 Å². The molecule has 1 saturated heterocycles. The van der Waals surface area contributed by atoms with E-state index in [1.165, 1.54) is 0 Å². The van der Waals surface area contributed by atoms with Crippen LogP contribution < -0.4 is 0 Å². The highest BCUT2D eigenvalue weighted by molar-refractivity contribution is 6.45. The molecule has 1 aliphatic heterocycles. The Morgan fingerprint density at radius 3 is 2.80 bits per heavy atom. The molecule has 2 atom stereocenters. The summed E-state index contributed by atoms with van der Waals surface area (Å²) in [6, 6.07) is 0.0838. The van der Waals surface area contributed by atoms with Crippen molar-refractivity contribution in [3.05, 3.63) is 0 Å². The van der Waals surface area contributed by atoms with Crippen LogP contribution in [0.25, 0.3) is 0 Å². The molecule has 6 heteroatoms. The van der Waals surface area contributed by atoms with Gasteiger partial charge in [-0.05, 0) is 20.2 Å². The summed E-state index contributed by atoms with van der Waals surface area (Å²) in [5, 5.41) is 19.0. The van der Waals surface area contributed by atoms with E-state index in [4.69, 9.17) is 9.47 Å². The van der Waals surface area contributed by atoms with Crippen molar-refractivity contribution in [1.29, 1.82) is 0 Å². The van der Waals surface area contributed by atoms with Crippen molar-refractivity contribution >= 4 is 7.05 Å². The molecule has 0 aliphatic carbocycles. The van der Waals surface area contributed by atoms with Crippen LogP contribution in [0.15, 0.2) is 0 Å². The van der Waals surface area contributed by atoms with Crippen LogP contribution in [0.1, 0.15) is 13.3 Å². The molecule has 1 heterocycles. The van der Waals surface area contributed by atoms with Gasteiger partial charge < -0.3 is 24.4 Å². The maximum atomic E-state index is 9.48. The third-order valence-electron chi connectivity index (χ3n) is 2.60. The second-order valence-corrected chi connectivity index (χ2v) is 3.85. The number of aliphatic hydroxyl groups is 1. The number of nitrogens with zero attached hydrogens (tertiary/aromatic N) is 1. The Bertz CT molecular complexity index is 181. The Morgan fingerprint density at radius 2 is 2.20 bits per heavy atom. The SMILES string of the molecule is CCOCOC[C@@H]1CC(O)CN1B(C)O. The van der Waals surface area contributed by atoms with Crippen LogP contribution in [0, 0.1) is 0 Å². The Labute approximate surface area is 91.1 Å². The molecule has 15 heavy (non-hydrogen) atoms. The van der Waals surface area contributed by atoms with Gasteiger partial charge in [0.15, 0.2) is 0 Å². The zero-order valence-electron chi connectivity index (χ0n) is 9.43. The van der Waals surface area contributed by atoms with E-state index in [0.717, 1.165) is 0 Å². The van der Waals surface area contributed by atoms with Crippen LogP contribution in [-0.2, 0) is 9.47 Å². The molecule has 0 bridgehead atoms. The highest BCUT2D eigenvalue weighted by atomic mass is 16.7. The van der Waals surface area contributed by atoms with Gasteiger partial charge in [-0.1, -0.05) is 0 Å². The number of aliphatic hydroxyl groups excluding tert-OH is 1. The summed E-state index contributed by atoms with van der Waals surface area (Å²) < 4.78 is 10.4. The first kappa shape index (κ1) is 12.9. The van der Waals surface area contributed by atoms with Gasteiger partial charge in [0.25, 0.3) is 0 Å². The molecule has 0 aromatic carbocycles. The van der Waals surface area contributed by atoms with Crippen LogP contribution in [0.2, 0.25) is 6.82 Å². The second kappa shape index (κ2) is 6.45. The van der Waals surface area contributed by atoms with Crippen molar-refractivity contribution in [3.8, 4) is 0 Å². The lowest BCUT2D eigenvalue weighted by Crippen LogP contribution is -2.43. The van der Waals surface area contributed by atoms with Gasteiger partial charge in [-0.3, -0.25) is 0 Å². The molecule has 0 aromatic heterocycles. The molecule has 88 valence electrons. The van der Waals surface area contributed by atoms with Crippen LogP contribution >= 0.6 is 0 Å². The van der Waals surface area contributed by atoms with Crippen LogP contribution in [-0.4, -0.2) is 60.7 Å². The Hall–Kier alpha value is -0.135. The normalized spacial score (nSPS) is 27.2. The highest BCUT2D eigenvalue weighted by Gasteiger charge is 2.34. The second-order valence-electron chi connectivity index (χ2n) is 3.85. The molecule has 1 fully saturated rings. The summed E-state index contributed by atoms with van der Waals surface area (Å²) >= 11 is 0. The molecule has 0 amide bonds. The van der Waals surface area contributed by atoms with Gasteiger partial charge in [0.1, 0.15) is 6.79 Å². The van der Waals surface area contributed by atoms with Crippen LogP contribution in [0.4, 0.5) is 0 Å². The molecule has 1 rings (SSSR count). The van der Waals surface area contributed by atoms with E-state index in [9.17, 15) is 10.1 Å². The lowest BCUT2D eigenvalue weighted by Gasteiger charge is -2.24. The first-order valence-corrected chi connectivity index (χ1v) is 5.42. The molecule has 1 unspecified atom stereocenters. The number of ether oxygens (including phenoxy) is 2. The van der Waals surface area contributed by atoms with Gasteiger partial charge in [0.05, 0.1) is 12.7 Å². The third kappa shape index (κ3) is 4.08. The molecule has 0 radical (unpaired) electrons. The summed E-state index contributed by atoms with van der Waals surface area (Å²) in [5.41, 5.74) is 0. The number of hydrogen-bond donors (Lipinski definition) is 2. The summed E-state index contributed by atoms with van der Waals surface area (Å²) in [5.74, 6) is 0. The van der Waals surface area contributed by atoms with Crippen molar-refractivity contribution in [2.24, 2.45) is 0 Å². The Morgan fingerprint density at radius 1 is 1.47 bits per heavy atom. The quantitative estimate of drug-likeness (QED) is 0.358. The van der Waals surface area contributed by atoms with Gasteiger partial charge in [-0.25, -0.2) is 0 Å². The van der Waals surface area contributed by atoms with Gasteiger partial charge in [-0.2, -0.15) is 0 Å². The average Bonchev–Trinajstić information content (AvgIpc) is 2.55. The fourth-order valence-electron chi connectivity index (χ4n) is 1.86. The predicted octanol–water partition coefficient (Wildman–Crippen LogP) is -0.457. The maximum absolute atomic E-state index is 9.48. The van der Waals surface area contributed by atoms with E-state index in [-0.39, 0.29) is 18.9 Å². The minimum Gasteiger partial charge on any atom is -0.437 e. The lowest BCUT2D eigenvalue weighted by atomic mass is 9.84. The van der Waals surface area contributed by atoms with Gasteiger partial charge in [0.2, 0.25) is 0 Å². The lowest BCUT2D eigenvalue weighted by molar-refractivity contribution is -0.0596. The van der Waals surface area contributed by atoms with Gasteiger partial charge in [0, 0.05) is 19.2 Å². The first-order chi connectivity index (χ1) is 7.15. The first-order valence-electron chi connectivity index (χ1n) is 5.42. The summed E-state index contributed by atoms with van der Waals surface area (Å²) in [4.78, 5) is 1.84. The number of β-amino-alcohol motifs (C(OH)–C–C–N with tert-alkyl or cyclic N) is 1. The Balaban J connectivity index is 2.26. The minimum atomic E-state index is -0.539. The van der Waals surface area contributed by atoms with Crippen LogP contribution in [0.3, 0.4) is 0 Å². The molecule has 2 N–H and O–H groups in total. The standard InChI is InChI=1S/C9H20BNO4/c1-3-14-7-15-6-8-4-9(12)5-11(8)10(2)13/h8-9,12-13H,3-7H2,1-2H3/t8-,9?/m0/s1. The Kier molecular flexibility index (Phi) is 5.56. The monoisotopic (exact) mass is 217 g/mol. The highest BCUT2D eigenvalue weighted by Crippen LogP contribution is 2.18. The van der Waals surface area contributed by atoms with E-state index in [2.05, 4.69) is 0 Å². The molecule has 0 aromatic rings. The molecule has 0 saturated carbocycles. The summed E-state index contributed by atoms with van der Waals surface area (Å²) in [6.07, 6.45) is 0.289. The van der Waals surface area contributed by atoms with Gasteiger partial charge >= 0.3 is 7.05 Å². The summed E-state index contributed by atoms with van der Waals surface area (Å²) in [7, 11) is -0.539. The third-order valence-corrected chi connectivity index (χ3v) is 2.60.